The average Bonchev–Trinajstić information content (AvgIpc) is 2.76. The molecule has 0 spiro atoms. The van der Waals surface area contributed by atoms with Crippen molar-refractivity contribution in [3.05, 3.63) is 17.7 Å². The van der Waals surface area contributed by atoms with Crippen LogP contribution >= 0.6 is 0 Å². The molecule has 18 heavy (non-hydrogen) atoms. The molecule has 0 amide bonds. The highest BCUT2D eigenvalue weighted by Crippen LogP contribution is 2.38. The minimum absolute atomic E-state index is 0.249. The standard InChI is InChI=1S/C14H19NO3/c1-10-3-2-4-15(7-10)8-11-5-13-14(6-12(11)16)18-9-17-13/h5-6,10,16H,2-4,7-9H2,1H3/t10-/m0/s1. The first kappa shape index (κ1) is 11.7. The Morgan fingerprint density at radius 2 is 2.11 bits per heavy atom. The molecule has 2 aliphatic heterocycles. The lowest BCUT2D eigenvalue weighted by molar-refractivity contribution is 0.172. The largest absolute Gasteiger partial charge is 0.507 e. The van der Waals surface area contributed by atoms with E-state index < -0.39 is 0 Å². The van der Waals surface area contributed by atoms with Crippen molar-refractivity contribution in [3.8, 4) is 17.2 Å². The van der Waals surface area contributed by atoms with Gasteiger partial charge in [-0.25, -0.2) is 0 Å². The van der Waals surface area contributed by atoms with E-state index in [2.05, 4.69) is 11.8 Å². The minimum atomic E-state index is 0.249. The summed E-state index contributed by atoms with van der Waals surface area (Å²) in [5, 5.41) is 10.0. The summed E-state index contributed by atoms with van der Waals surface area (Å²) in [5.74, 6) is 2.43. The third kappa shape index (κ3) is 2.25. The number of likely N-dealkylation sites (tertiary alicyclic amines) is 1. The Hall–Kier alpha value is -1.42. The number of rotatable bonds is 2. The molecule has 3 rings (SSSR count). The van der Waals surface area contributed by atoms with E-state index in [9.17, 15) is 5.11 Å². The van der Waals surface area contributed by atoms with E-state index in [0.717, 1.165) is 36.9 Å². The molecule has 98 valence electrons. The second-order valence-corrected chi connectivity index (χ2v) is 5.32. The van der Waals surface area contributed by atoms with Crippen molar-refractivity contribution in [2.45, 2.75) is 26.3 Å². The summed E-state index contributed by atoms with van der Waals surface area (Å²) in [6.07, 6.45) is 2.55. The molecule has 4 heteroatoms. The van der Waals surface area contributed by atoms with Crippen molar-refractivity contribution < 1.29 is 14.6 Å². The average molecular weight is 249 g/mol. The monoisotopic (exact) mass is 249 g/mol. The molecular formula is C14H19NO3. The highest BCUT2D eigenvalue weighted by Gasteiger charge is 2.21. The Morgan fingerprint density at radius 3 is 2.89 bits per heavy atom. The Morgan fingerprint density at radius 1 is 1.33 bits per heavy atom. The summed E-state index contributed by atoms with van der Waals surface area (Å²) in [4.78, 5) is 2.39. The SMILES string of the molecule is C[C@H]1CCCN(Cc2cc3c(cc2O)OCO3)C1. The van der Waals surface area contributed by atoms with Gasteiger partial charge in [-0.3, -0.25) is 4.90 Å². The Kier molecular flexibility index (Phi) is 3.04. The van der Waals surface area contributed by atoms with Crippen molar-refractivity contribution in [1.82, 2.24) is 4.90 Å². The zero-order chi connectivity index (χ0) is 12.5. The number of piperidine rings is 1. The van der Waals surface area contributed by atoms with Crippen LogP contribution in [0.25, 0.3) is 0 Å². The molecule has 4 nitrogen and oxygen atoms in total. The lowest BCUT2D eigenvalue weighted by Crippen LogP contribution is -2.33. The molecule has 1 saturated heterocycles. The van der Waals surface area contributed by atoms with Gasteiger partial charge >= 0.3 is 0 Å². The van der Waals surface area contributed by atoms with Crippen molar-refractivity contribution in [2.75, 3.05) is 19.9 Å². The van der Waals surface area contributed by atoms with Crippen LogP contribution in [0.15, 0.2) is 12.1 Å². The molecule has 1 aromatic carbocycles. The quantitative estimate of drug-likeness (QED) is 0.873. The molecule has 0 radical (unpaired) electrons. The lowest BCUT2D eigenvalue weighted by Gasteiger charge is -2.31. The van der Waals surface area contributed by atoms with E-state index in [1.165, 1.54) is 12.8 Å². The number of hydrogen-bond acceptors (Lipinski definition) is 4. The predicted molar refractivity (Wildman–Crippen MR) is 67.9 cm³/mol. The first-order chi connectivity index (χ1) is 8.72. The number of benzene rings is 1. The summed E-state index contributed by atoms with van der Waals surface area (Å²) in [5.41, 5.74) is 0.924. The first-order valence-corrected chi connectivity index (χ1v) is 6.56. The smallest absolute Gasteiger partial charge is 0.231 e. The minimum Gasteiger partial charge on any atom is -0.507 e. The molecule has 2 heterocycles. The van der Waals surface area contributed by atoms with Crippen LogP contribution in [0.4, 0.5) is 0 Å². The maximum Gasteiger partial charge on any atom is 0.231 e. The van der Waals surface area contributed by atoms with Crippen LogP contribution in [-0.2, 0) is 6.54 Å². The summed E-state index contributed by atoms with van der Waals surface area (Å²) in [7, 11) is 0. The molecular weight excluding hydrogens is 230 g/mol. The molecule has 2 aliphatic rings. The zero-order valence-corrected chi connectivity index (χ0v) is 10.7. The maximum atomic E-state index is 10.0. The van der Waals surface area contributed by atoms with E-state index >= 15 is 0 Å². The highest BCUT2D eigenvalue weighted by molar-refractivity contribution is 5.51. The Balaban J connectivity index is 1.76. The van der Waals surface area contributed by atoms with Crippen LogP contribution in [0, 0.1) is 5.92 Å². The van der Waals surface area contributed by atoms with Gasteiger partial charge in [-0.15, -0.1) is 0 Å². The normalized spacial score (nSPS) is 23.3. The fraction of sp³-hybridized carbons (Fsp3) is 0.571. The summed E-state index contributed by atoms with van der Waals surface area (Å²) in [6, 6.07) is 3.56. The zero-order valence-electron chi connectivity index (χ0n) is 10.7. The van der Waals surface area contributed by atoms with E-state index in [1.54, 1.807) is 6.07 Å². The van der Waals surface area contributed by atoms with Gasteiger partial charge in [0.05, 0.1) is 0 Å². The second-order valence-electron chi connectivity index (χ2n) is 5.32. The second kappa shape index (κ2) is 4.69. The van der Waals surface area contributed by atoms with Gasteiger partial charge in [0.25, 0.3) is 0 Å². The van der Waals surface area contributed by atoms with Gasteiger partial charge in [0.1, 0.15) is 5.75 Å². The lowest BCUT2D eigenvalue weighted by atomic mass is 9.99. The summed E-state index contributed by atoms with van der Waals surface area (Å²) in [6.45, 7) is 5.53. The van der Waals surface area contributed by atoms with Crippen LogP contribution in [0.1, 0.15) is 25.3 Å². The van der Waals surface area contributed by atoms with Crippen LogP contribution in [-0.4, -0.2) is 29.9 Å². The number of fused-ring (bicyclic) bond motifs is 1. The number of ether oxygens (including phenoxy) is 2. The topological polar surface area (TPSA) is 41.9 Å². The number of aromatic hydroxyl groups is 1. The molecule has 0 bridgehead atoms. The van der Waals surface area contributed by atoms with Gasteiger partial charge in [0.15, 0.2) is 11.5 Å². The predicted octanol–water partition coefficient (Wildman–Crippen LogP) is 2.35. The highest BCUT2D eigenvalue weighted by atomic mass is 16.7. The number of phenols is 1. The van der Waals surface area contributed by atoms with Crippen LogP contribution in [0.3, 0.4) is 0 Å². The Labute approximate surface area is 107 Å². The summed E-state index contributed by atoms with van der Waals surface area (Å²) >= 11 is 0. The van der Waals surface area contributed by atoms with Gasteiger partial charge in [0, 0.05) is 24.7 Å². The fourth-order valence-corrected chi connectivity index (χ4v) is 2.77. The Bertz CT molecular complexity index is 447. The van der Waals surface area contributed by atoms with Gasteiger partial charge < -0.3 is 14.6 Å². The maximum absolute atomic E-state index is 10.0. The molecule has 0 unspecified atom stereocenters. The van der Waals surface area contributed by atoms with Gasteiger partial charge in [-0.1, -0.05) is 6.92 Å². The van der Waals surface area contributed by atoms with Crippen molar-refractivity contribution in [3.63, 3.8) is 0 Å². The van der Waals surface area contributed by atoms with Crippen molar-refractivity contribution >= 4 is 0 Å². The van der Waals surface area contributed by atoms with Crippen molar-refractivity contribution in [1.29, 1.82) is 0 Å². The van der Waals surface area contributed by atoms with E-state index in [4.69, 9.17) is 9.47 Å². The fourth-order valence-electron chi connectivity index (χ4n) is 2.77. The van der Waals surface area contributed by atoms with E-state index in [0.29, 0.717) is 11.5 Å². The number of nitrogens with zero attached hydrogens (tertiary/aromatic N) is 1. The first-order valence-electron chi connectivity index (χ1n) is 6.56. The third-order valence-corrected chi connectivity index (χ3v) is 3.71. The molecule has 0 saturated carbocycles. The molecule has 0 aliphatic carbocycles. The third-order valence-electron chi connectivity index (χ3n) is 3.71. The van der Waals surface area contributed by atoms with E-state index in [-0.39, 0.29) is 6.79 Å². The molecule has 1 aromatic rings. The van der Waals surface area contributed by atoms with E-state index in [1.807, 2.05) is 6.07 Å². The number of hydrogen-bond donors (Lipinski definition) is 1. The van der Waals surface area contributed by atoms with Crippen molar-refractivity contribution in [2.24, 2.45) is 5.92 Å². The van der Waals surface area contributed by atoms with Gasteiger partial charge in [-0.2, -0.15) is 0 Å². The van der Waals surface area contributed by atoms with Gasteiger partial charge in [0.2, 0.25) is 6.79 Å². The van der Waals surface area contributed by atoms with Crippen LogP contribution < -0.4 is 9.47 Å². The molecule has 1 fully saturated rings. The number of phenolic OH excluding ortho intramolecular Hbond substituents is 1. The van der Waals surface area contributed by atoms with Crippen LogP contribution in [0.5, 0.6) is 17.2 Å². The van der Waals surface area contributed by atoms with Crippen LogP contribution in [0.2, 0.25) is 0 Å². The molecule has 0 aromatic heterocycles. The molecule has 1 N–H and O–H groups in total. The molecule has 1 atom stereocenters. The van der Waals surface area contributed by atoms with Gasteiger partial charge in [-0.05, 0) is 31.4 Å². The summed E-state index contributed by atoms with van der Waals surface area (Å²) < 4.78 is 10.6.